The largest absolute Gasteiger partial charge is 0.490 e. The Bertz CT molecular complexity index is 1330. The number of carbonyl (C=O) groups excluding carboxylic acids is 1. The number of hydrogen-bond donors (Lipinski definition) is 0. The third kappa shape index (κ3) is 6.44. The highest BCUT2D eigenvalue weighted by atomic mass is 32.2. The molecule has 0 aliphatic carbocycles. The van der Waals surface area contributed by atoms with Gasteiger partial charge in [0.05, 0.1) is 12.7 Å². The Morgan fingerprint density at radius 1 is 0.829 bits per heavy atom. The van der Waals surface area contributed by atoms with Gasteiger partial charge in [-0.1, -0.05) is 66.9 Å². The van der Waals surface area contributed by atoms with Gasteiger partial charge in [-0.2, -0.15) is 0 Å². The summed E-state index contributed by atoms with van der Waals surface area (Å²) >= 11 is 1.73. The quantitative estimate of drug-likeness (QED) is 0.132. The van der Waals surface area contributed by atoms with Crippen LogP contribution in [0.4, 0.5) is 0 Å². The van der Waals surface area contributed by atoms with Crippen LogP contribution >= 0.6 is 11.8 Å². The molecule has 0 fully saturated rings. The van der Waals surface area contributed by atoms with Crippen LogP contribution in [0.2, 0.25) is 0 Å². The van der Waals surface area contributed by atoms with Gasteiger partial charge < -0.3 is 14.2 Å². The molecule has 0 amide bonds. The van der Waals surface area contributed by atoms with Gasteiger partial charge in [-0.25, -0.2) is 4.79 Å². The average molecular weight is 487 g/mol. The minimum absolute atomic E-state index is 0.183. The first-order chi connectivity index (χ1) is 16.9. The van der Waals surface area contributed by atoms with Gasteiger partial charge in [0.1, 0.15) is 18.5 Å². The summed E-state index contributed by atoms with van der Waals surface area (Å²) in [4.78, 5) is 14.0. The molecular weight excluding hydrogens is 456 g/mol. The van der Waals surface area contributed by atoms with Gasteiger partial charge in [-0.3, -0.25) is 0 Å². The average Bonchev–Trinajstić information content (AvgIpc) is 2.86. The predicted octanol–water partition coefficient (Wildman–Crippen LogP) is 7.44. The van der Waals surface area contributed by atoms with Crippen molar-refractivity contribution in [3.8, 4) is 5.75 Å². The Hall–Kier alpha value is -3.28. The fourth-order valence-electron chi connectivity index (χ4n) is 3.71. The number of hydrogen-bond acceptors (Lipinski definition) is 5. The van der Waals surface area contributed by atoms with E-state index < -0.39 is 5.97 Å². The Morgan fingerprint density at radius 3 is 2.31 bits per heavy atom. The Morgan fingerprint density at radius 2 is 1.54 bits per heavy atom. The van der Waals surface area contributed by atoms with Crippen LogP contribution in [-0.2, 0) is 14.3 Å². The summed E-state index contributed by atoms with van der Waals surface area (Å²) < 4.78 is 17.6. The van der Waals surface area contributed by atoms with Crippen molar-refractivity contribution in [2.75, 3.05) is 13.2 Å². The van der Waals surface area contributed by atoms with Gasteiger partial charge in [0.25, 0.3) is 0 Å². The van der Waals surface area contributed by atoms with Crippen LogP contribution < -0.4 is 4.74 Å². The maximum Gasteiger partial charge on any atom is 0.333 e. The molecule has 2 atom stereocenters. The summed E-state index contributed by atoms with van der Waals surface area (Å²) in [6.45, 7) is 9.66. The molecule has 4 aromatic rings. The van der Waals surface area contributed by atoms with Crippen molar-refractivity contribution in [1.29, 1.82) is 0 Å². The molecule has 35 heavy (non-hydrogen) atoms. The summed E-state index contributed by atoms with van der Waals surface area (Å²) in [6, 6.07) is 27.3. The fraction of sp³-hybridized carbons (Fsp3) is 0.233. The molecule has 4 rings (SSSR count). The van der Waals surface area contributed by atoms with Crippen LogP contribution in [0.5, 0.6) is 5.75 Å². The van der Waals surface area contributed by atoms with E-state index in [-0.39, 0.29) is 18.8 Å². The molecule has 0 N–H and O–H groups in total. The first-order valence-corrected chi connectivity index (χ1v) is 12.5. The Kier molecular flexibility index (Phi) is 8.11. The summed E-state index contributed by atoms with van der Waals surface area (Å²) in [5.74, 6) is 0.447. The lowest BCUT2D eigenvalue weighted by Gasteiger charge is -2.20. The number of fused-ring (bicyclic) bond motifs is 2. The lowest BCUT2D eigenvalue weighted by atomic mass is 10.0. The lowest BCUT2D eigenvalue weighted by Crippen LogP contribution is -2.26. The van der Waals surface area contributed by atoms with E-state index in [1.54, 1.807) is 25.6 Å². The van der Waals surface area contributed by atoms with E-state index in [1.165, 1.54) is 4.90 Å². The van der Waals surface area contributed by atoms with Gasteiger partial charge >= 0.3 is 5.97 Å². The van der Waals surface area contributed by atoms with E-state index in [2.05, 4.69) is 55.1 Å². The van der Waals surface area contributed by atoms with Gasteiger partial charge in [0.2, 0.25) is 0 Å². The molecule has 0 bridgehead atoms. The highest BCUT2D eigenvalue weighted by Crippen LogP contribution is 2.38. The molecule has 0 aliphatic rings. The van der Waals surface area contributed by atoms with Crippen LogP contribution in [0.15, 0.2) is 101 Å². The zero-order valence-corrected chi connectivity index (χ0v) is 21.1. The van der Waals surface area contributed by atoms with E-state index in [9.17, 15) is 4.79 Å². The van der Waals surface area contributed by atoms with Crippen molar-refractivity contribution >= 4 is 39.3 Å². The third-order valence-electron chi connectivity index (χ3n) is 5.50. The molecule has 0 saturated carbocycles. The molecule has 2 unspecified atom stereocenters. The van der Waals surface area contributed by atoms with Crippen LogP contribution in [0.1, 0.15) is 20.8 Å². The van der Waals surface area contributed by atoms with Crippen molar-refractivity contribution in [2.24, 2.45) is 0 Å². The zero-order valence-electron chi connectivity index (χ0n) is 20.3. The van der Waals surface area contributed by atoms with Crippen molar-refractivity contribution in [2.45, 2.75) is 42.8 Å². The van der Waals surface area contributed by atoms with E-state index in [0.29, 0.717) is 12.2 Å². The molecule has 0 aromatic heterocycles. The number of ether oxygens (including phenoxy) is 3. The summed E-state index contributed by atoms with van der Waals surface area (Å²) in [7, 11) is 0. The molecule has 0 spiro atoms. The predicted molar refractivity (Wildman–Crippen MR) is 143 cm³/mol. The normalized spacial score (nSPS) is 12.9. The first-order valence-electron chi connectivity index (χ1n) is 11.7. The maximum absolute atomic E-state index is 11.7. The molecule has 4 nitrogen and oxygen atoms in total. The van der Waals surface area contributed by atoms with Crippen LogP contribution in [0.3, 0.4) is 0 Å². The van der Waals surface area contributed by atoms with Crippen molar-refractivity contribution < 1.29 is 19.0 Å². The number of benzene rings is 4. The second-order valence-corrected chi connectivity index (χ2v) is 9.82. The third-order valence-corrected chi connectivity index (χ3v) is 6.50. The minimum atomic E-state index is -0.406. The van der Waals surface area contributed by atoms with Crippen molar-refractivity contribution in [3.05, 3.63) is 91.0 Å². The van der Waals surface area contributed by atoms with E-state index in [0.717, 1.165) is 32.2 Å². The standard InChI is InChI=1S/C30H30O4S/c1-20(2)30(31)34-22(4)19-32-21(3)18-33-29-27-13-9-8-10-23(27)16-24-14-15-26(17-28(24)29)35-25-11-6-5-7-12-25/h5-17,21-22H,1,18-19H2,2-4H3. The van der Waals surface area contributed by atoms with Gasteiger partial charge in [-0.15, -0.1) is 0 Å². The number of esters is 1. The van der Waals surface area contributed by atoms with E-state index in [4.69, 9.17) is 14.2 Å². The topological polar surface area (TPSA) is 44.8 Å². The van der Waals surface area contributed by atoms with E-state index in [1.807, 2.05) is 37.3 Å². The van der Waals surface area contributed by atoms with E-state index >= 15 is 0 Å². The molecule has 0 radical (unpaired) electrons. The molecule has 180 valence electrons. The molecule has 4 aromatic carbocycles. The van der Waals surface area contributed by atoms with Gasteiger partial charge in [0, 0.05) is 26.1 Å². The van der Waals surface area contributed by atoms with Gasteiger partial charge in [-0.05, 0) is 61.9 Å². The summed E-state index contributed by atoms with van der Waals surface area (Å²) in [6.07, 6.45) is -0.547. The second kappa shape index (κ2) is 11.4. The Labute approximate surface area is 210 Å². The smallest absolute Gasteiger partial charge is 0.333 e. The van der Waals surface area contributed by atoms with Crippen LogP contribution in [0.25, 0.3) is 21.5 Å². The molecule has 0 saturated heterocycles. The van der Waals surface area contributed by atoms with Crippen molar-refractivity contribution in [1.82, 2.24) is 0 Å². The second-order valence-electron chi connectivity index (χ2n) is 8.68. The monoisotopic (exact) mass is 486 g/mol. The lowest BCUT2D eigenvalue weighted by molar-refractivity contribution is -0.147. The highest BCUT2D eigenvalue weighted by molar-refractivity contribution is 7.99. The summed E-state index contributed by atoms with van der Waals surface area (Å²) in [5, 5.41) is 4.40. The van der Waals surface area contributed by atoms with Crippen LogP contribution in [0, 0.1) is 0 Å². The number of rotatable bonds is 10. The van der Waals surface area contributed by atoms with Crippen LogP contribution in [-0.4, -0.2) is 31.4 Å². The highest BCUT2D eigenvalue weighted by Gasteiger charge is 2.15. The minimum Gasteiger partial charge on any atom is -0.490 e. The maximum atomic E-state index is 11.7. The Balaban J connectivity index is 1.53. The summed E-state index contributed by atoms with van der Waals surface area (Å²) in [5.41, 5.74) is 0.376. The molecule has 0 heterocycles. The number of carbonyl (C=O) groups is 1. The van der Waals surface area contributed by atoms with Crippen molar-refractivity contribution in [3.63, 3.8) is 0 Å². The van der Waals surface area contributed by atoms with Gasteiger partial charge in [0.15, 0.2) is 0 Å². The molecule has 5 heteroatoms. The molecule has 0 aliphatic heterocycles. The SMILES string of the molecule is C=C(C)C(=O)OC(C)COC(C)COc1c2ccccc2cc2ccc(Sc3ccccc3)cc12. The zero-order chi connectivity index (χ0) is 24.8. The fourth-order valence-corrected chi connectivity index (χ4v) is 4.59. The molecular formula is C30H30O4S. The first kappa shape index (κ1) is 24.8.